The van der Waals surface area contributed by atoms with Gasteiger partial charge in [-0.05, 0) is 46.6 Å². The van der Waals surface area contributed by atoms with Gasteiger partial charge in [-0.2, -0.15) is 0 Å². The van der Waals surface area contributed by atoms with Gasteiger partial charge in [-0.15, -0.1) is 0 Å². The number of aliphatic hydroxyl groups excluding tert-OH is 1. The highest BCUT2D eigenvalue weighted by Gasteiger charge is 2.16. The first-order valence-corrected chi connectivity index (χ1v) is 5.98. The number of hydrogen-bond donors (Lipinski definition) is 1. The van der Waals surface area contributed by atoms with E-state index in [0.717, 1.165) is 27.1 Å². The van der Waals surface area contributed by atoms with Gasteiger partial charge >= 0.3 is 0 Å². The van der Waals surface area contributed by atoms with Crippen LogP contribution in [0, 0.1) is 6.92 Å². The molecule has 0 bridgehead atoms. The number of benzene rings is 1. The SMILES string of the molecule is COc1ccc(C(O)c2ccoc2C)cc1Br. The van der Waals surface area contributed by atoms with Gasteiger partial charge in [0.05, 0.1) is 17.8 Å². The van der Waals surface area contributed by atoms with Crippen molar-refractivity contribution in [2.24, 2.45) is 0 Å². The van der Waals surface area contributed by atoms with E-state index in [1.807, 2.05) is 25.1 Å². The fourth-order valence-corrected chi connectivity index (χ4v) is 2.27. The largest absolute Gasteiger partial charge is 0.496 e. The molecule has 3 nitrogen and oxygen atoms in total. The average Bonchev–Trinajstić information content (AvgIpc) is 2.74. The van der Waals surface area contributed by atoms with Gasteiger partial charge in [-0.25, -0.2) is 0 Å². The lowest BCUT2D eigenvalue weighted by molar-refractivity contribution is 0.218. The van der Waals surface area contributed by atoms with Crippen LogP contribution in [0.4, 0.5) is 0 Å². The summed E-state index contributed by atoms with van der Waals surface area (Å²) in [5, 5.41) is 10.2. The molecule has 2 aromatic rings. The molecule has 90 valence electrons. The highest BCUT2D eigenvalue weighted by atomic mass is 79.9. The van der Waals surface area contributed by atoms with Crippen LogP contribution in [0.5, 0.6) is 5.75 Å². The standard InChI is InChI=1S/C13H13BrO3/c1-8-10(5-6-17-8)13(15)9-3-4-12(16-2)11(14)7-9/h3-7,13,15H,1-2H3. The van der Waals surface area contributed by atoms with E-state index in [0.29, 0.717) is 0 Å². The highest BCUT2D eigenvalue weighted by Crippen LogP contribution is 2.31. The van der Waals surface area contributed by atoms with Gasteiger partial charge in [0.1, 0.15) is 17.6 Å². The lowest BCUT2D eigenvalue weighted by Gasteiger charge is -2.12. The lowest BCUT2D eigenvalue weighted by Crippen LogP contribution is -2.00. The second-order valence-electron chi connectivity index (χ2n) is 3.73. The summed E-state index contributed by atoms with van der Waals surface area (Å²) in [7, 11) is 1.61. The zero-order valence-electron chi connectivity index (χ0n) is 9.61. The molecule has 0 fully saturated rings. The van der Waals surface area contributed by atoms with Gasteiger partial charge in [0.25, 0.3) is 0 Å². The van der Waals surface area contributed by atoms with Crippen molar-refractivity contribution >= 4 is 15.9 Å². The molecule has 4 heteroatoms. The van der Waals surface area contributed by atoms with E-state index in [1.165, 1.54) is 0 Å². The van der Waals surface area contributed by atoms with Crippen molar-refractivity contribution in [3.63, 3.8) is 0 Å². The molecule has 1 aromatic carbocycles. The average molecular weight is 297 g/mol. The fraction of sp³-hybridized carbons (Fsp3) is 0.231. The molecule has 0 radical (unpaired) electrons. The molecule has 0 spiro atoms. The van der Waals surface area contributed by atoms with Crippen LogP contribution in [0.1, 0.15) is 23.0 Å². The molecule has 0 aliphatic rings. The van der Waals surface area contributed by atoms with Gasteiger partial charge in [-0.3, -0.25) is 0 Å². The van der Waals surface area contributed by atoms with E-state index in [-0.39, 0.29) is 0 Å². The number of aliphatic hydroxyl groups is 1. The van der Waals surface area contributed by atoms with Crippen molar-refractivity contribution in [2.45, 2.75) is 13.0 Å². The van der Waals surface area contributed by atoms with Crippen LogP contribution in [0.2, 0.25) is 0 Å². The Morgan fingerprint density at radius 2 is 2.12 bits per heavy atom. The van der Waals surface area contributed by atoms with E-state index in [2.05, 4.69) is 15.9 Å². The number of halogens is 1. The van der Waals surface area contributed by atoms with Crippen molar-refractivity contribution in [3.8, 4) is 5.75 Å². The maximum Gasteiger partial charge on any atom is 0.133 e. The molecule has 0 aliphatic heterocycles. The Hall–Kier alpha value is -1.26. The fourth-order valence-electron chi connectivity index (χ4n) is 1.71. The zero-order chi connectivity index (χ0) is 12.4. The van der Waals surface area contributed by atoms with Crippen molar-refractivity contribution < 1.29 is 14.3 Å². The van der Waals surface area contributed by atoms with E-state index >= 15 is 0 Å². The van der Waals surface area contributed by atoms with Crippen molar-refractivity contribution in [2.75, 3.05) is 7.11 Å². The predicted octanol–water partition coefficient (Wildman–Crippen LogP) is 3.44. The summed E-state index contributed by atoms with van der Waals surface area (Å²) in [6.07, 6.45) is 0.892. The first-order valence-electron chi connectivity index (χ1n) is 5.19. The first kappa shape index (κ1) is 12.2. The molecule has 17 heavy (non-hydrogen) atoms. The third kappa shape index (κ3) is 2.37. The molecule has 1 heterocycles. The Bertz CT molecular complexity index is 519. The summed E-state index contributed by atoms with van der Waals surface area (Å²) in [4.78, 5) is 0. The molecule has 0 saturated carbocycles. The van der Waals surface area contributed by atoms with E-state index in [9.17, 15) is 5.11 Å². The molecule has 2 rings (SSSR count). The minimum atomic E-state index is -0.684. The summed E-state index contributed by atoms with van der Waals surface area (Å²) >= 11 is 3.40. The van der Waals surface area contributed by atoms with E-state index in [4.69, 9.17) is 9.15 Å². The zero-order valence-corrected chi connectivity index (χ0v) is 11.2. The summed E-state index contributed by atoms with van der Waals surface area (Å²) < 4.78 is 11.2. The van der Waals surface area contributed by atoms with Crippen LogP contribution in [0.3, 0.4) is 0 Å². The summed E-state index contributed by atoms with van der Waals surface area (Å²) in [6, 6.07) is 7.27. The molecule has 1 N–H and O–H groups in total. The molecule has 1 aromatic heterocycles. The normalized spacial score (nSPS) is 12.5. The smallest absolute Gasteiger partial charge is 0.133 e. The number of aryl methyl sites for hydroxylation is 1. The van der Waals surface area contributed by atoms with E-state index in [1.54, 1.807) is 19.4 Å². The quantitative estimate of drug-likeness (QED) is 0.943. The maximum absolute atomic E-state index is 10.2. The van der Waals surface area contributed by atoms with Crippen LogP contribution < -0.4 is 4.74 Å². The Balaban J connectivity index is 2.35. The number of rotatable bonds is 3. The van der Waals surface area contributed by atoms with Crippen LogP contribution in [-0.4, -0.2) is 12.2 Å². The Morgan fingerprint density at radius 3 is 2.65 bits per heavy atom. The van der Waals surface area contributed by atoms with Crippen LogP contribution in [0.25, 0.3) is 0 Å². The lowest BCUT2D eigenvalue weighted by atomic mass is 10.0. The van der Waals surface area contributed by atoms with Crippen molar-refractivity contribution in [1.82, 2.24) is 0 Å². The van der Waals surface area contributed by atoms with Crippen molar-refractivity contribution in [3.05, 3.63) is 51.9 Å². The summed E-state index contributed by atoms with van der Waals surface area (Å²) in [5.74, 6) is 1.47. The molecule has 0 aliphatic carbocycles. The number of hydrogen-bond acceptors (Lipinski definition) is 3. The maximum atomic E-state index is 10.2. The van der Waals surface area contributed by atoms with Gasteiger partial charge in [-0.1, -0.05) is 6.07 Å². The van der Waals surface area contributed by atoms with Crippen LogP contribution in [0.15, 0.2) is 39.4 Å². The minimum absolute atomic E-state index is 0.684. The molecular formula is C13H13BrO3. The highest BCUT2D eigenvalue weighted by molar-refractivity contribution is 9.10. The molecule has 1 atom stereocenters. The molecule has 1 unspecified atom stereocenters. The predicted molar refractivity (Wildman–Crippen MR) is 68.2 cm³/mol. The molecule has 0 amide bonds. The second kappa shape index (κ2) is 4.94. The Morgan fingerprint density at radius 1 is 1.35 bits per heavy atom. The number of ether oxygens (including phenoxy) is 1. The number of furan rings is 1. The molecular weight excluding hydrogens is 284 g/mol. The second-order valence-corrected chi connectivity index (χ2v) is 4.58. The summed E-state index contributed by atoms with van der Waals surface area (Å²) in [6.45, 7) is 1.83. The minimum Gasteiger partial charge on any atom is -0.496 e. The topological polar surface area (TPSA) is 42.6 Å². The molecule has 0 saturated heterocycles. The van der Waals surface area contributed by atoms with Crippen LogP contribution in [-0.2, 0) is 0 Å². The first-order chi connectivity index (χ1) is 8.13. The third-order valence-electron chi connectivity index (χ3n) is 2.69. The number of methoxy groups -OCH3 is 1. The van der Waals surface area contributed by atoms with E-state index < -0.39 is 6.10 Å². The van der Waals surface area contributed by atoms with Gasteiger partial charge in [0, 0.05) is 5.56 Å². The van der Waals surface area contributed by atoms with Gasteiger partial charge in [0.2, 0.25) is 0 Å². The van der Waals surface area contributed by atoms with Crippen LogP contribution >= 0.6 is 15.9 Å². The Labute approximate surface area is 108 Å². The van der Waals surface area contributed by atoms with Gasteiger partial charge < -0.3 is 14.3 Å². The Kier molecular flexibility index (Phi) is 3.54. The van der Waals surface area contributed by atoms with Gasteiger partial charge in [0.15, 0.2) is 0 Å². The monoisotopic (exact) mass is 296 g/mol. The van der Waals surface area contributed by atoms with Crippen molar-refractivity contribution in [1.29, 1.82) is 0 Å². The third-order valence-corrected chi connectivity index (χ3v) is 3.30. The summed E-state index contributed by atoms with van der Waals surface area (Å²) in [5.41, 5.74) is 1.57.